The third-order valence-corrected chi connectivity index (χ3v) is 3.04. The average molecular weight is 312 g/mol. The molecule has 0 radical (unpaired) electrons. The fourth-order valence-corrected chi connectivity index (χ4v) is 1.82. The summed E-state index contributed by atoms with van der Waals surface area (Å²) in [5.74, 6) is -0.133. The van der Waals surface area contributed by atoms with Crippen LogP contribution in [0.25, 0.3) is 0 Å². The Morgan fingerprint density at radius 1 is 1.29 bits per heavy atom. The van der Waals surface area contributed by atoms with Crippen molar-refractivity contribution in [3.05, 3.63) is 62.9 Å². The smallest absolute Gasteiger partial charge is 0.311 e. The van der Waals surface area contributed by atoms with Gasteiger partial charge in [-0.15, -0.1) is 0 Å². The van der Waals surface area contributed by atoms with Gasteiger partial charge in [-0.3, -0.25) is 10.1 Å². The number of nitro groups is 1. The van der Waals surface area contributed by atoms with Crippen LogP contribution in [0.2, 0.25) is 5.02 Å². The van der Waals surface area contributed by atoms with Crippen molar-refractivity contribution in [3.8, 4) is 11.5 Å². The number of hydrogen-bond donors (Lipinski definition) is 0. The van der Waals surface area contributed by atoms with E-state index in [-0.39, 0.29) is 28.8 Å². The molecule has 0 aliphatic rings. The van der Waals surface area contributed by atoms with E-state index in [1.165, 1.54) is 31.4 Å². The van der Waals surface area contributed by atoms with Crippen LogP contribution in [0.5, 0.6) is 11.5 Å². The largest absolute Gasteiger partial charge is 0.490 e. The maximum atomic E-state index is 13.3. The van der Waals surface area contributed by atoms with Crippen molar-refractivity contribution in [1.82, 2.24) is 0 Å². The van der Waals surface area contributed by atoms with E-state index in [2.05, 4.69) is 0 Å². The molecule has 0 bridgehead atoms. The summed E-state index contributed by atoms with van der Waals surface area (Å²) in [5, 5.41) is 10.9. The van der Waals surface area contributed by atoms with Crippen molar-refractivity contribution >= 4 is 17.3 Å². The minimum atomic E-state index is -0.588. The van der Waals surface area contributed by atoms with Crippen molar-refractivity contribution < 1.29 is 18.8 Å². The molecule has 0 aliphatic heterocycles. The van der Waals surface area contributed by atoms with Gasteiger partial charge in [-0.25, -0.2) is 4.39 Å². The van der Waals surface area contributed by atoms with Crippen LogP contribution in [0.1, 0.15) is 5.56 Å². The molecule has 0 spiro atoms. The van der Waals surface area contributed by atoms with Crippen molar-refractivity contribution in [2.24, 2.45) is 0 Å². The molecule has 0 N–H and O–H groups in total. The fraction of sp³-hybridized carbons (Fsp3) is 0.143. The second-order valence-electron chi connectivity index (χ2n) is 4.13. The summed E-state index contributed by atoms with van der Waals surface area (Å²) < 4.78 is 23.5. The lowest BCUT2D eigenvalue weighted by atomic mass is 10.2. The number of methoxy groups -OCH3 is 1. The molecule has 0 aliphatic carbocycles. The van der Waals surface area contributed by atoms with E-state index in [0.717, 1.165) is 6.07 Å². The molecule has 2 rings (SSSR count). The van der Waals surface area contributed by atoms with Crippen LogP contribution in [-0.4, -0.2) is 12.0 Å². The zero-order valence-electron chi connectivity index (χ0n) is 11.0. The van der Waals surface area contributed by atoms with Crippen LogP contribution in [0.4, 0.5) is 10.1 Å². The van der Waals surface area contributed by atoms with E-state index >= 15 is 0 Å². The predicted octanol–water partition coefficient (Wildman–Crippen LogP) is 3.97. The van der Waals surface area contributed by atoms with Gasteiger partial charge in [0, 0.05) is 12.1 Å². The number of benzene rings is 2. The lowest BCUT2D eigenvalue weighted by Crippen LogP contribution is -1.99. The Morgan fingerprint density at radius 3 is 2.67 bits per heavy atom. The van der Waals surface area contributed by atoms with Gasteiger partial charge in [0.25, 0.3) is 0 Å². The molecule has 0 aromatic heterocycles. The van der Waals surface area contributed by atoms with Gasteiger partial charge in [0.1, 0.15) is 18.2 Å². The molecule has 0 saturated heterocycles. The molecule has 2 aromatic rings. The standard InChI is InChI=1S/C14H11ClFNO4/c1-20-14-5-2-9(6-13(14)17(18)19)8-21-10-3-4-11(15)12(16)7-10/h2-7H,8H2,1H3. The first-order chi connectivity index (χ1) is 10.0. The predicted molar refractivity (Wildman–Crippen MR) is 75.4 cm³/mol. The summed E-state index contributed by atoms with van der Waals surface area (Å²) in [5.41, 5.74) is 0.416. The Labute approximate surface area is 125 Å². The highest BCUT2D eigenvalue weighted by Crippen LogP contribution is 2.28. The summed E-state index contributed by atoms with van der Waals surface area (Å²) in [6, 6.07) is 8.52. The number of nitro benzene ring substituents is 1. The third-order valence-electron chi connectivity index (χ3n) is 2.74. The van der Waals surface area contributed by atoms with E-state index in [1.54, 1.807) is 6.07 Å². The van der Waals surface area contributed by atoms with Gasteiger partial charge in [-0.1, -0.05) is 17.7 Å². The molecule has 0 fully saturated rings. The van der Waals surface area contributed by atoms with E-state index in [0.29, 0.717) is 5.56 Å². The first-order valence-corrected chi connectivity index (χ1v) is 6.28. The van der Waals surface area contributed by atoms with Crippen LogP contribution in [0.3, 0.4) is 0 Å². The van der Waals surface area contributed by atoms with Crippen molar-refractivity contribution in [2.75, 3.05) is 7.11 Å². The molecule has 0 amide bonds. The number of hydrogen-bond acceptors (Lipinski definition) is 4. The Kier molecular flexibility index (Phi) is 4.59. The van der Waals surface area contributed by atoms with Gasteiger partial charge in [-0.05, 0) is 23.8 Å². The monoisotopic (exact) mass is 311 g/mol. The number of rotatable bonds is 5. The Hall–Kier alpha value is -2.34. The molecule has 0 saturated carbocycles. The van der Waals surface area contributed by atoms with Crippen molar-refractivity contribution in [2.45, 2.75) is 6.61 Å². The van der Waals surface area contributed by atoms with Crippen molar-refractivity contribution in [3.63, 3.8) is 0 Å². The maximum absolute atomic E-state index is 13.3. The highest BCUT2D eigenvalue weighted by molar-refractivity contribution is 6.30. The molecule has 21 heavy (non-hydrogen) atoms. The normalized spacial score (nSPS) is 10.2. The molecule has 2 aromatic carbocycles. The van der Waals surface area contributed by atoms with E-state index in [4.69, 9.17) is 21.1 Å². The molecule has 110 valence electrons. The average Bonchev–Trinajstić information content (AvgIpc) is 2.48. The Bertz CT molecular complexity index is 678. The van der Waals surface area contributed by atoms with Crippen LogP contribution < -0.4 is 9.47 Å². The molecule has 0 heterocycles. The van der Waals surface area contributed by atoms with Crippen molar-refractivity contribution in [1.29, 1.82) is 0 Å². The maximum Gasteiger partial charge on any atom is 0.311 e. The van der Waals surface area contributed by atoms with Gasteiger partial charge in [0.2, 0.25) is 0 Å². The molecule has 7 heteroatoms. The van der Waals surface area contributed by atoms with Gasteiger partial charge < -0.3 is 9.47 Å². The first-order valence-electron chi connectivity index (χ1n) is 5.90. The summed E-state index contributed by atoms with van der Waals surface area (Å²) in [7, 11) is 1.36. The lowest BCUT2D eigenvalue weighted by molar-refractivity contribution is -0.385. The van der Waals surface area contributed by atoms with E-state index in [9.17, 15) is 14.5 Å². The molecular weight excluding hydrogens is 301 g/mol. The van der Waals surface area contributed by atoms with Gasteiger partial charge in [0.15, 0.2) is 5.75 Å². The minimum absolute atomic E-state index is 0.00225. The second kappa shape index (κ2) is 6.41. The molecule has 5 nitrogen and oxygen atoms in total. The molecule has 0 atom stereocenters. The van der Waals surface area contributed by atoms with Gasteiger partial charge >= 0.3 is 5.69 Å². The third kappa shape index (κ3) is 3.61. The first kappa shape index (κ1) is 15.1. The second-order valence-corrected chi connectivity index (χ2v) is 4.54. The molecule has 0 unspecified atom stereocenters. The SMILES string of the molecule is COc1ccc(COc2ccc(Cl)c(F)c2)cc1[N+](=O)[O-]. The highest BCUT2D eigenvalue weighted by Gasteiger charge is 2.15. The van der Waals surface area contributed by atoms with E-state index in [1.807, 2.05) is 0 Å². The zero-order valence-corrected chi connectivity index (χ0v) is 11.8. The highest BCUT2D eigenvalue weighted by atomic mass is 35.5. The summed E-state index contributed by atoms with van der Waals surface area (Å²) in [4.78, 5) is 10.4. The molecular formula is C14H11ClFNO4. The topological polar surface area (TPSA) is 61.6 Å². The van der Waals surface area contributed by atoms with Crippen LogP contribution in [0, 0.1) is 15.9 Å². The van der Waals surface area contributed by atoms with Crippen LogP contribution >= 0.6 is 11.6 Å². The Balaban J connectivity index is 2.14. The lowest BCUT2D eigenvalue weighted by Gasteiger charge is -2.08. The minimum Gasteiger partial charge on any atom is -0.490 e. The summed E-state index contributed by atoms with van der Waals surface area (Å²) >= 11 is 5.57. The van der Waals surface area contributed by atoms with Crippen LogP contribution in [-0.2, 0) is 6.61 Å². The van der Waals surface area contributed by atoms with E-state index < -0.39 is 10.7 Å². The summed E-state index contributed by atoms with van der Waals surface area (Å²) in [6.07, 6.45) is 0. The fourth-order valence-electron chi connectivity index (χ4n) is 1.70. The Morgan fingerprint density at radius 2 is 2.05 bits per heavy atom. The van der Waals surface area contributed by atoms with Gasteiger partial charge in [-0.2, -0.15) is 0 Å². The quantitative estimate of drug-likeness (QED) is 0.619. The van der Waals surface area contributed by atoms with Crippen LogP contribution in [0.15, 0.2) is 36.4 Å². The number of nitrogens with zero attached hydrogens (tertiary/aromatic N) is 1. The number of ether oxygens (including phenoxy) is 2. The number of halogens is 2. The van der Waals surface area contributed by atoms with Gasteiger partial charge in [0.05, 0.1) is 17.1 Å². The summed E-state index contributed by atoms with van der Waals surface area (Å²) in [6.45, 7) is 0.0614. The zero-order chi connectivity index (χ0) is 15.4.